The summed E-state index contributed by atoms with van der Waals surface area (Å²) in [6, 6.07) is 0. The average Bonchev–Trinajstić information content (AvgIpc) is 2.69. The third kappa shape index (κ3) is 7.96. The van der Waals surface area contributed by atoms with Crippen LogP contribution >= 0.6 is 0 Å². The van der Waals surface area contributed by atoms with Gasteiger partial charge in [0.15, 0.2) is 0 Å². The highest BCUT2D eigenvalue weighted by molar-refractivity contribution is 5.83. The highest BCUT2D eigenvalue weighted by Crippen LogP contribution is 2.18. The van der Waals surface area contributed by atoms with Gasteiger partial charge in [-0.2, -0.15) is 0 Å². The topological polar surface area (TPSA) is 159 Å². The summed E-state index contributed by atoms with van der Waals surface area (Å²) >= 11 is 0. The lowest BCUT2D eigenvalue weighted by atomic mass is 9.92. The fourth-order valence-electron chi connectivity index (χ4n) is 1.92. The average molecular weight is 408 g/mol. The van der Waals surface area contributed by atoms with E-state index in [1.165, 1.54) is 35.1 Å². The van der Waals surface area contributed by atoms with E-state index in [2.05, 4.69) is 20.1 Å². The van der Waals surface area contributed by atoms with Crippen molar-refractivity contribution in [2.45, 2.75) is 13.8 Å². The molecule has 0 aliphatic carbocycles. The highest BCUT2D eigenvalue weighted by atomic mass is 16.8. The predicted molar refractivity (Wildman–Crippen MR) is 93.0 cm³/mol. The van der Waals surface area contributed by atoms with Gasteiger partial charge < -0.3 is 39.4 Å². The molecule has 3 N–H and O–H groups in total. The predicted octanol–water partition coefficient (Wildman–Crippen LogP) is -0.606. The van der Waals surface area contributed by atoms with Crippen LogP contribution in [0, 0.1) is 10.8 Å². The molecule has 12 nitrogen and oxygen atoms in total. The number of nitrogens with one attached hydrogen (secondary N) is 2. The second-order valence-electron chi connectivity index (χ2n) is 6.35. The van der Waals surface area contributed by atoms with Crippen LogP contribution in [0.25, 0.3) is 0 Å². The summed E-state index contributed by atoms with van der Waals surface area (Å²) in [5.41, 5.74) is -2.48. The first-order valence-corrected chi connectivity index (χ1v) is 8.22. The molecule has 162 valence electrons. The van der Waals surface area contributed by atoms with E-state index in [9.17, 15) is 24.3 Å². The molecule has 2 atom stereocenters. The molecule has 0 fully saturated rings. The van der Waals surface area contributed by atoms with Crippen LogP contribution in [0.3, 0.4) is 0 Å². The summed E-state index contributed by atoms with van der Waals surface area (Å²) in [7, 11) is 4.20. The van der Waals surface area contributed by atoms with Crippen molar-refractivity contribution in [3.05, 3.63) is 0 Å². The summed E-state index contributed by atoms with van der Waals surface area (Å²) in [5, 5.41) is 14.0. The van der Waals surface area contributed by atoms with Gasteiger partial charge in [-0.1, -0.05) is 0 Å². The number of rotatable bonds is 11. The molecule has 0 aromatic heterocycles. The molecule has 0 rings (SSSR count). The van der Waals surface area contributed by atoms with Gasteiger partial charge in [-0.3, -0.25) is 9.59 Å². The zero-order valence-electron chi connectivity index (χ0n) is 16.7. The summed E-state index contributed by atoms with van der Waals surface area (Å²) in [6.07, 6.45) is -2.39. The number of methoxy groups -OCH3 is 1. The SMILES string of the molecule is CNC(=O)C(C)(CO)COC(=O)OCOC(=O)OCC(C)(COC)C(=O)NC. The monoisotopic (exact) mass is 408 g/mol. The van der Waals surface area contributed by atoms with Crippen molar-refractivity contribution in [2.75, 3.05) is 54.4 Å². The molecular weight excluding hydrogens is 380 g/mol. The second kappa shape index (κ2) is 12.0. The third-order valence-corrected chi connectivity index (χ3v) is 3.73. The van der Waals surface area contributed by atoms with E-state index < -0.39 is 55.0 Å². The zero-order valence-corrected chi connectivity index (χ0v) is 16.7. The van der Waals surface area contributed by atoms with E-state index in [1.54, 1.807) is 0 Å². The van der Waals surface area contributed by atoms with Gasteiger partial charge in [-0.15, -0.1) is 0 Å². The van der Waals surface area contributed by atoms with Crippen molar-refractivity contribution in [1.82, 2.24) is 10.6 Å². The lowest BCUT2D eigenvalue weighted by Gasteiger charge is -2.25. The number of carbonyl (C=O) groups excluding carboxylic acids is 4. The van der Waals surface area contributed by atoms with Crippen molar-refractivity contribution in [3.63, 3.8) is 0 Å². The Morgan fingerprint density at radius 3 is 1.61 bits per heavy atom. The molecule has 2 amide bonds. The van der Waals surface area contributed by atoms with Gasteiger partial charge in [0.2, 0.25) is 18.6 Å². The maximum absolute atomic E-state index is 11.8. The number of aliphatic hydroxyl groups excluding tert-OH is 1. The summed E-state index contributed by atoms with van der Waals surface area (Å²) in [5.74, 6) is -0.928. The van der Waals surface area contributed by atoms with Crippen molar-refractivity contribution in [3.8, 4) is 0 Å². The first-order valence-electron chi connectivity index (χ1n) is 8.22. The first-order chi connectivity index (χ1) is 13.1. The van der Waals surface area contributed by atoms with E-state index >= 15 is 0 Å². The van der Waals surface area contributed by atoms with Gasteiger partial charge in [-0.25, -0.2) is 9.59 Å². The molecule has 0 aromatic rings. The minimum Gasteiger partial charge on any atom is -0.433 e. The Kier molecular flexibility index (Phi) is 10.9. The van der Waals surface area contributed by atoms with E-state index in [0.717, 1.165) is 0 Å². The summed E-state index contributed by atoms with van der Waals surface area (Å²) in [6.45, 7) is 0.761. The number of carbonyl (C=O) groups is 4. The van der Waals surface area contributed by atoms with Crippen LogP contribution in [0.5, 0.6) is 0 Å². The largest absolute Gasteiger partial charge is 0.511 e. The smallest absolute Gasteiger partial charge is 0.433 e. The Hall–Kier alpha value is -2.60. The van der Waals surface area contributed by atoms with Crippen LogP contribution < -0.4 is 10.6 Å². The molecule has 12 heteroatoms. The Labute approximate surface area is 162 Å². The number of ether oxygens (including phenoxy) is 5. The lowest BCUT2D eigenvalue weighted by Crippen LogP contribution is -2.44. The fourth-order valence-corrected chi connectivity index (χ4v) is 1.92. The quantitative estimate of drug-likeness (QED) is 0.297. The standard InChI is InChI=1S/C16H28N2O10/c1-15(6-19,11(20)17-3)8-25-13(22)27-10-28-14(23)26-9-16(2,7-24-5)12(21)18-4/h19H,6-10H2,1-5H3,(H,17,20)(H,18,21). The number of hydrogen-bond donors (Lipinski definition) is 3. The molecule has 0 heterocycles. The van der Waals surface area contributed by atoms with Crippen LogP contribution in [0.4, 0.5) is 9.59 Å². The van der Waals surface area contributed by atoms with Crippen LogP contribution in [0.2, 0.25) is 0 Å². The van der Waals surface area contributed by atoms with Gasteiger partial charge in [0, 0.05) is 21.2 Å². The molecule has 2 unspecified atom stereocenters. The highest BCUT2D eigenvalue weighted by Gasteiger charge is 2.35. The maximum atomic E-state index is 11.8. The van der Waals surface area contributed by atoms with Crippen molar-refractivity contribution in [2.24, 2.45) is 10.8 Å². The number of aliphatic hydroxyl groups is 1. The van der Waals surface area contributed by atoms with Crippen molar-refractivity contribution >= 4 is 24.1 Å². The fraction of sp³-hybridized carbons (Fsp3) is 0.750. The summed E-state index contributed by atoms with van der Waals surface area (Å²) < 4.78 is 23.5. The van der Waals surface area contributed by atoms with E-state index in [0.29, 0.717) is 0 Å². The molecule has 0 saturated carbocycles. The number of amides is 2. The van der Waals surface area contributed by atoms with E-state index in [1.807, 2.05) is 0 Å². The van der Waals surface area contributed by atoms with Crippen LogP contribution in [-0.2, 0) is 33.3 Å². The molecule has 0 spiro atoms. The van der Waals surface area contributed by atoms with Crippen molar-refractivity contribution < 1.29 is 48.0 Å². The van der Waals surface area contributed by atoms with Gasteiger partial charge in [-0.05, 0) is 13.8 Å². The molecule has 28 heavy (non-hydrogen) atoms. The van der Waals surface area contributed by atoms with E-state index in [-0.39, 0.29) is 13.2 Å². The van der Waals surface area contributed by atoms with Gasteiger partial charge in [0.05, 0.1) is 13.2 Å². The van der Waals surface area contributed by atoms with Crippen LogP contribution in [-0.4, -0.2) is 83.7 Å². The minimum atomic E-state index is -1.35. The van der Waals surface area contributed by atoms with Gasteiger partial charge in [0.25, 0.3) is 0 Å². The maximum Gasteiger partial charge on any atom is 0.511 e. The second-order valence-corrected chi connectivity index (χ2v) is 6.35. The molecule has 0 aliphatic heterocycles. The lowest BCUT2D eigenvalue weighted by molar-refractivity contribution is -0.136. The van der Waals surface area contributed by atoms with Crippen molar-refractivity contribution in [1.29, 1.82) is 0 Å². The zero-order chi connectivity index (χ0) is 21.8. The Morgan fingerprint density at radius 2 is 1.21 bits per heavy atom. The Balaban J connectivity index is 4.32. The van der Waals surface area contributed by atoms with Crippen LogP contribution in [0.15, 0.2) is 0 Å². The minimum absolute atomic E-state index is 0.00224. The number of hydrogen-bond acceptors (Lipinski definition) is 10. The van der Waals surface area contributed by atoms with Crippen LogP contribution in [0.1, 0.15) is 13.8 Å². The van der Waals surface area contributed by atoms with Gasteiger partial charge >= 0.3 is 12.3 Å². The molecule has 0 saturated heterocycles. The third-order valence-electron chi connectivity index (χ3n) is 3.73. The molecule has 0 bridgehead atoms. The Morgan fingerprint density at radius 1 is 0.786 bits per heavy atom. The summed E-state index contributed by atoms with van der Waals surface area (Å²) in [4.78, 5) is 46.5. The molecular formula is C16H28N2O10. The molecule has 0 radical (unpaired) electrons. The molecule has 0 aliphatic rings. The normalized spacial score (nSPS) is 14.6. The first kappa shape index (κ1) is 25.4. The molecule has 0 aromatic carbocycles. The Bertz CT molecular complexity index is 556. The van der Waals surface area contributed by atoms with E-state index in [4.69, 9.17) is 14.2 Å². The van der Waals surface area contributed by atoms with Gasteiger partial charge in [0.1, 0.15) is 24.0 Å².